The molecule has 0 radical (unpaired) electrons. The van der Waals surface area contributed by atoms with Crippen molar-refractivity contribution in [2.45, 2.75) is 17.9 Å². The molecule has 4 nitrogen and oxygen atoms in total. The number of halogens is 1. The molecule has 0 heterocycles. The van der Waals surface area contributed by atoms with Crippen LogP contribution in [0.2, 0.25) is 5.02 Å². The van der Waals surface area contributed by atoms with Gasteiger partial charge >= 0.3 is 0 Å². The molecule has 128 valence electrons. The van der Waals surface area contributed by atoms with Crippen molar-refractivity contribution in [1.82, 2.24) is 5.32 Å². The van der Waals surface area contributed by atoms with Crippen LogP contribution in [0.15, 0.2) is 47.4 Å². The first-order chi connectivity index (χ1) is 11.5. The molecule has 0 spiro atoms. The van der Waals surface area contributed by atoms with Crippen LogP contribution in [0, 0.1) is 0 Å². The molecule has 0 aliphatic heterocycles. The summed E-state index contributed by atoms with van der Waals surface area (Å²) < 4.78 is 10.6. The van der Waals surface area contributed by atoms with Crippen molar-refractivity contribution < 1.29 is 14.3 Å². The number of rotatable bonds is 7. The first kappa shape index (κ1) is 18.5. The van der Waals surface area contributed by atoms with Crippen LogP contribution in [0.4, 0.5) is 0 Å². The highest BCUT2D eigenvalue weighted by molar-refractivity contribution is 8.00. The van der Waals surface area contributed by atoms with Gasteiger partial charge in [0.15, 0.2) is 0 Å². The topological polar surface area (TPSA) is 47.6 Å². The van der Waals surface area contributed by atoms with Crippen LogP contribution in [-0.2, 0) is 4.79 Å². The maximum atomic E-state index is 12.2. The number of benzene rings is 2. The molecule has 0 saturated heterocycles. The van der Waals surface area contributed by atoms with Gasteiger partial charge in [-0.2, -0.15) is 0 Å². The zero-order valence-corrected chi connectivity index (χ0v) is 15.4. The predicted octanol–water partition coefficient (Wildman–Crippen LogP) is 4.33. The second-order valence-corrected chi connectivity index (χ2v) is 6.62. The first-order valence-corrected chi connectivity index (χ1v) is 8.79. The summed E-state index contributed by atoms with van der Waals surface area (Å²) in [5.41, 5.74) is 0.877. The Hall–Kier alpha value is -1.85. The van der Waals surface area contributed by atoms with Crippen molar-refractivity contribution >= 4 is 29.3 Å². The third kappa shape index (κ3) is 5.08. The van der Waals surface area contributed by atoms with E-state index in [0.717, 1.165) is 16.2 Å². The number of nitrogens with one attached hydrogen (secondary N) is 1. The van der Waals surface area contributed by atoms with Gasteiger partial charge in [0.25, 0.3) is 0 Å². The Morgan fingerprint density at radius 3 is 2.50 bits per heavy atom. The number of carbonyl (C=O) groups excluding carboxylic acids is 1. The summed E-state index contributed by atoms with van der Waals surface area (Å²) in [6.45, 7) is 1.92. The largest absolute Gasteiger partial charge is 0.497 e. The van der Waals surface area contributed by atoms with Crippen LogP contribution in [0.1, 0.15) is 18.5 Å². The molecule has 1 atom stereocenters. The summed E-state index contributed by atoms with van der Waals surface area (Å²) in [6, 6.07) is 12.8. The fourth-order valence-corrected chi connectivity index (χ4v) is 3.05. The lowest BCUT2D eigenvalue weighted by molar-refractivity contribution is -0.119. The van der Waals surface area contributed by atoms with Crippen molar-refractivity contribution in [3.63, 3.8) is 0 Å². The minimum absolute atomic E-state index is 0.0488. The van der Waals surface area contributed by atoms with Gasteiger partial charge in [-0.15, -0.1) is 11.8 Å². The second-order valence-electron chi connectivity index (χ2n) is 5.14. The Labute approximate surface area is 151 Å². The van der Waals surface area contributed by atoms with Crippen molar-refractivity contribution in [2.75, 3.05) is 20.0 Å². The zero-order chi connectivity index (χ0) is 17.5. The monoisotopic (exact) mass is 365 g/mol. The molecule has 0 unspecified atom stereocenters. The lowest BCUT2D eigenvalue weighted by atomic mass is 10.1. The van der Waals surface area contributed by atoms with E-state index in [4.69, 9.17) is 21.1 Å². The number of thioether (sulfide) groups is 1. The minimum atomic E-state index is -0.187. The molecule has 1 amide bonds. The summed E-state index contributed by atoms with van der Waals surface area (Å²) in [5, 5.41) is 3.67. The molecule has 2 aromatic rings. The number of carbonyl (C=O) groups is 1. The van der Waals surface area contributed by atoms with Crippen molar-refractivity contribution in [2.24, 2.45) is 0 Å². The Morgan fingerprint density at radius 2 is 1.88 bits per heavy atom. The predicted molar refractivity (Wildman–Crippen MR) is 98.3 cm³/mol. The van der Waals surface area contributed by atoms with Crippen molar-refractivity contribution in [3.05, 3.63) is 53.1 Å². The van der Waals surface area contributed by atoms with E-state index in [1.165, 1.54) is 11.8 Å². The van der Waals surface area contributed by atoms with Gasteiger partial charge in [-0.3, -0.25) is 4.79 Å². The number of methoxy groups -OCH3 is 2. The molecule has 6 heteroatoms. The number of ether oxygens (including phenoxy) is 2. The second kappa shape index (κ2) is 8.85. The van der Waals surface area contributed by atoms with Gasteiger partial charge in [0.05, 0.1) is 26.0 Å². The highest BCUT2D eigenvalue weighted by atomic mass is 35.5. The Kier molecular flexibility index (Phi) is 6.82. The van der Waals surface area contributed by atoms with Gasteiger partial charge in [-0.25, -0.2) is 0 Å². The van der Waals surface area contributed by atoms with E-state index < -0.39 is 0 Å². The SMILES string of the molecule is COc1ccc(OC)c([C@H](C)NC(=O)CSc2ccc(Cl)cc2)c1. The van der Waals surface area contributed by atoms with E-state index in [2.05, 4.69) is 5.32 Å². The fourth-order valence-electron chi connectivity index (χ4n) is 2.22. The first-order valence-electron chi connectivity index (χ1n) is 7.43. The van der Waals surface area contributed by atoms with Gasteiger partial charge in [0.2, 0.25) is 5.91 Å². The third-order valence-corrected chi connectivity index (χ3v) is 4.73. The van der Waals surface area contributed by atoms with E-state index in [1.807, 2.05) is 49.4 Å². The van der Waals surface area contributed by atoms with Crippen molar-refractivity contribution in [3.8, 4) is 11.5 Å². The highest BCUT2D eigenvalue weighted by Gasteiger charge is 2.15. The molecule has 0 aliphatic carbocycles. The Morgan fingerprint density at radius 1 is 1.17 bits per heavy atom. The van der Waals surface area contributed by atoms with Crippen LogP contribution in [-0.4, -0.2) is 25.9 Å². The molecule has 2 aromatic carbocycles. The van der Waals surface area contributed by atoms with Gasteiger partial charge in [-0.05, 0) is 49.4 Å². The van der Waals surface area contributed by atoms with Crippen LogP contribution < -0.4 is 14.8 Å². The molecule has 0 aromatic heterocycles. The lowest BCUT2D eigenvalue weighted by Crippen LogP contribution is -2.28. The van der Waals surface area contributed by atoms with Gasteiger partial charge in [0, 0.05) is 15.5 Å². The molecule has 0 saturated carbocycles. The number of hydrogen-bond acceptors (Lipinski definition) is 4. The van der Waals surface area contributed by atoms with Crippen molar-refractivity contribution in [1.29, 1.82) is 0 Å². The quantitative estimate of drug-likeness (QED) is 0.742. The summed E-state index contributed by atoms with van der Waals surface area (Å²) in [4.78, 5) is 13.2. The molecular formula is C18H20ClNO3S. The number of hydrogen-bond donors (Lipinski definition) is 1. The summed E-state index contributed by atoms with van der Waals surface area (Å²) in [6.07, 6.45) is 0. The van der Waals surface area contributed by atoms with Crippen LogP contribution in [0.3, 0.4) is 0 Å². The van der Waals surface area contributed by atoms with Crippen LogP contribution in [0.25, 0.3) is 0 Å². The van der Waals surface area contributed by atoms with Gasteiger partial charge in [-0.1, -0.05) is 11.6 Å². The molecule has 24 heavy (non-hydrogen) atoms. The average Bonchev–Trinajstić information content (AvgIpc) is 2.60. The highest BCUT2D eigenvalue weighted by Crippen LogP contribution is 2.29. The fraction of sp³-hybridized carbons (Fsp3) is 0.278. The third-order valence-electron chi connectivity index (χ3n) is 3.46. The minimum Gasteiger partial charge on any atom is -0.497 e. The maximum Gasteiger partial charge on any atom is 0.230 e. The maximum absolute atomic E-state index is 12.2. The van der Waals surface area contributed by atoms with Crippen LogP contribution >= 0.6 is 23.4 Å². The molecule has 1 N–H and O–H groups in total. The Balaban J connectivity index is 1.97. The summed E-state index contributed by atoms with van der Waals surface area (Å²) in [7, 11) is 3.22. The standard InChI is InChI=1S/C18H20ClNO3S/c1-12(16-10-14(22-2)6-9-17(16)23-3)20-18(21)11-24-15-7-4-13(19)5-8-15/h4-10,12H,11H2,1-3H3,(H,20,21)/t12-/m0/s1. The van der Waals surface area contributed by atoms with E-state index >= 15 is 0 Å². The Bertz CT molecular complexity index is 691. The van der Waals surface area contributed by atoms with E-state index in [0.29, 0.717) is 16.5 Å². The number of amides is 1. The molecule has 0 aliphatic rings. The van der Waals surface area contributed by atoms with E-state index in [1.54, 1.807) is 14.2 Å². The normalized spacial score (nSPS) is 11.7. The van der Waals surface area contributed by atoms with Gasteiger partial charge in [0.1, 0.15) is 11.5 Å². The smallest absolute Gasteiger partial charge is 0.230 e. The van der Waals surface area contributed by atoms with E-state index in [-0.39, 0.29) is 11.9 Å². The molecular weight excluding hydrogens is 346 g/mol. The van der Waals surface area contributed by atoms with Crippen LogP contribution in [0.5, 0.6) is 11.5 Å². The van der Waals surface area contributed by atoms with E-state index in [9.17, 15) is 4.79 Å². The van der Waals surface area contributed by atoms with Gasteiger partial charge < -0.3 is 14.8 Å². The lowest BCUT2D eigenvalue weighted by Gasteiger charge is -2.18. The molecule has 0 fully saturated rings. The average molecular weight is 366 g/mol. The molecule has 2 rings (SSSR count). The summed E-state index contributed by atoms with van der Waals surface area (Å²) >= 11 is 7.32. The zero-order valence-electron chi connectivity index (χ0n) is 13.8. The summed E-state index contributed by atoms with van der Waals surface area (Å²) in [5.74, 6) is 1.72. The molecule has 0 bridgehead atoms.